The van der Waals surface area contributed by atoms with Crippen molar-refractivity contribution in [3.05, 3.63) is 52.9 Å². The largest absolute Gasteiger partial charge is 0.336 e. The van der Waals surface area contributed by atoms with E-state index in [1.165, 1.54) is 32.1 Å². The van der Waals surface area contributed by atoms with Gasteiger partial charge in [0, 0.05) is 43.5 Å². The summed E-state index contributed by atoms with van der Waals surface area (Å²) in [6, 6.07) is 12.3. The number of carbonyl (C=O) groups excluding carboxylic acids is 1. The molecule has 1 amide bonds. The number of nitrogens with zero attached hydrogens (tertiary/aromatic N) is 5. The molecule has 2 aromatic heterocycles. The minimum Gasteiger partial charge on any atom is -0.336 e. The van der Waals surface area contributed by atoms with Crippen molar-refractivity contribution in [2.45, 2.75) is 38.1 Å². The molecule has 1 saturated heterocycles. The van der Waals surface area contributed by atoms with Crippen LogP contribution in [-0.4, -0.2) is 62.5 Å². The van der Waals surface area contributed by atoms with E-state index in [1.54, 1.807) is 6.33 Å². The topological polar surface area (TPSA) is 54.3 Å². The second kappa shape index (κ2) is 8.47. The van der Waals surface area contributed by atoms with Crippen LogP contribution in [0.2, 0.25) is 0 Å². The Hall–Kier alpha value is -2.25. The van der Waals surface area contributed by atoms with E-state index in [2.05, 4.69) is 30.8 Å². The van der Waals surface area contributed by atoms with Gasteiger partial charge in [0.05, 0.1) is 0 Å². The Morgan fingerprint density at radius 2 is 1.80 bits per heavy atom. The number of aromatic nitrogens is 3. The maximum atomic E-state index is 13.2. The van der Waals surface area contributed by atoms with Gasteiger partial charge in [0.2, 0.25) is 0 Å². The quantitative estimate of drug-likeness (QED) is 0.539. The fourth-order valence-corrected chi connectivity index (χ4v) is 5.07. The van der Waals surface area contributed by atoms with Gasteiger partial charge in [-0.3, -0.25) is 14.3 Å². The molecule has 3 aromatic rings. The van der Waals surface area contributed by atoms with Crippen LogP contribution in [0.5, 0.6) is 0 Å². The average molecular weight is 468 g/mol. The predicted molar refractivity (Wildman–Crippen MR) is 121 cm³/mol. The number of halogens is 1. The predicted octanol–water partition coefficient (Wildman–Crippen LogP) is 4.27. The van der Waals surface area contributed by atoms with Crippen molar-refractivity contribution in [3.8, 4) is 5.69 Å². The Balaban J connectivity index is 1.31. The molecular formula is C23H26BrN5O. The Morgan fingerprint density at radius 3 is 2.60 bits per heavy atom. The van der Waals surface area contributed by atoms with E-state index in [0.717, 1.165) is 59.2 Å². The van der Waals surface area contributed by atoms with Gasteiger partial charge in [-0.1, -0.05) is 25.3 Å². The number of carbonyl (C=O) groups is 1. The summed E-state index contributed by atoms with van der Waals surface area (Å²) in [6.07, 6.45) is 8.48. The third-order valence-electron chi connectivity index (χ3n) is 6.42. The lowest BCUT2D eigenvalue weighted by molar-refractivity contribution is 0.0523. The normalized spacial score (nSPS) is 18.8. The van der Waals surface area contributed by atoms with E-state index >= 15 is 0 Å². The fourth-order valence-electron chi connectivity index (χ4n) is 4.77. The fraction of sp³-hybridized carbons (Fsp3) is 0.435. The molecular weight excluding hydrogens is 442 g/mol. The first-order chi connectivity index (χ1) is 14.7. The van der Waals surface area contributed by atoms with Gasteiger partial charge in [0.25, 0.3) is 5.91 Å². The van der Waals surface area contributed by atoms with Gasteiger partial charge >= 0.3 is 0 Å². The van der Waals surface area contributed by atoms with Gasteiger partial charge in [-0.05, 0) is 59.1 Å². The Morgan fingerprint density at radius 1 is 1.00 bits per heavy atom. The number of piperazine rings is 1. The zero-order valence-electron chi connectivity index (χ0n) is 17.0. The second-order valence-electron chi connectivity index (χ2n) is 8.26. The van der Waals surface area contributed by atoms with E-state index in [9.17, 15) is 4.79 Å². The molecule has 0 spiro atoms. The highest BCUT2D eigenvalue weighted by Gasteiger charge is 2.27. The molecule has 1 aliphatic carbocycles. The van der Waals surface area contributed by atoms with Crippen molar-refractivity contribution in [2.75, 3.05) is 26.2 Å². The first-order valence-corrected chi connectivity index (χ1v) is 11.6. The number of amides is 1. The molecule has 7 heteroatoms. The third-order valence-corrected chi connectivity index (χ3v) is 6.87. The lowest BCUT2D eigenvalue weighted by Crippen LogP contribution is -2.52. The summed E-state index contributed by atoms with van der Waals surface area (Å²) in [5.74, 6) is 0.110. The van der Waals surface area contributed by atoms with Crippen molar-refractivity contribution in [2.24, 2.45) is 0 Å². The second-order valence-corrected chi connectivity index (χ2v) is 9.07. The molecule has 6 nitrogen and oxygen atoms in total. The number of pyridine rings is 1. The first-order valence-electron chi connectivity index (χ1n) is 10.8. The maximum absolute atomic E-state index is 13.2. The molecule has 0 bridgehead atoms. The number of fused-ring (bicyclic) bond motifs is 1. The number of rotatable bonds is 3. The number of benzene rings is 1. The van der Waals surface area contributed by atoms with Crippen LogP contribution in [0.25, 0.3) is 16.9 Å². The van der Waals surface area contributed by atoms with Crippen molar-refractivity contribution in [1.29, 1.82) is 0 Å². The molecule has 156 valence electrons. The Kier molecular flexibility index (Phi) is 5.56. The van der Waals surface area contributed by atoms with Gasteiger partial charge in [-0.25, -0.2) is 9.97 Å². The monoisotopic (exact) mass is 467 g/mol. The number of hydrogen-bond acceptors (Lipinski definition) is 4. The molecule has 5 rings (SSSR count). The van der Waals surface area contributed by atoms with Crippen molar-refractivity contribution < 1.29 is 4.79 Å². The van der Waals surface area contributed by atoms with Crippen LogP contribution in [0.15, 0.2) is 47.3 Å². The van der Waals surface area contributed by atoms with Crippen LogP contribution in [0.3, 0.4) is 0 Å². The standard InChI is InChI=1S/C23H26BrN5O/c24-21-10-9-20-22(26-21)29(16-25-20)19-8-4-5-17(15-19)23(30)28-13-11-27(12-14-28)18-6-2-1-3-7-18/h4-5,8-10,15-16,18H,1-3,6-7,11-14H2. The molecule has 0 unspecified atom stereocenters. The Labute approximate surface area is 185 Å². The van der Waals surface area contributed by atoms with Gasteiger partial charge in [-0.2, -0.15) is 0 Å². The molecule has 1 aliphatic heterocycles. The van der Waals surface area contributed by atoms with E-state index in [1.807, 2.05) is 45.9 Å². The van der Waals surface area contributed by atoms with Crippen LogP contribution in [0, 0.1) is 0 Å². The average Bonchev–Trinajstić information content (AvgIpc) is 3.22. The summed E-state index contributed by atoms with van der Waals surface area (Å²) in [6.45, 7) is 3.59. The van der Waals surface area contributed by atoms with Crippen LogP contribution < -0.4 is 0 Å². The summed E-state index contributed by atoms with van der Waals surface area (Å²) in [4.78, 5) is 26.8. The summed E-state index contributed by atoms with van der Waals surface area (Å²) in [5, 5.41) is 0. The summed E-state index contributed by atoms with van der Waals surface area (Å²) < 4.78 is 2.69. The SMILES string of the molecule is O=C(c1cccc(-n2cnc3ccc(Br)nc32)c1)N1CCN(C2CCCCC2)CC1. The molecule has 0 atom stereocenters. The van der Waals surface area contributed by atoms with Gasteiger partial charge in [0.1, 0.15) is 16.4 Å². The summed E-state index contributed by atoms with van der Waals surface area (Å²) in [7, 11) is 0. The molecule has 0 N–H and O–H groups in total. The highest BCUT2D eigenvalue weighted by Crippen LogP contribution is 2.24. The third kappa shape index (κ3) is 3.88. The van der Waals surface area contributed by atoms with Gasteiger partial charge in [0.15, 0.2) is 5.65 Å². The van der Waals surface area contributed by atoms with E-state index in [0.29, 0.717) is 0 Å². The van der Waals surface area contributed by atoms with Crippen molar-refractivity contribution >= 4 is 33.0 Å². The maximum Gasteiger partial charge on any atom is 0.254 e. The smallest absolute Gasteiger partial charge is 0.254 e. The van der Waals surface area contributed by atoms with Crippen molar-refractivity contribution in [3.63, 3.8) is 0 Å². The molecule has 2 aliphatic rings. The van der Waals surface area contributed by atoms with E-state index in [-0.39, 0.29) is 5.91 Å². The van der Waals surface area contributed by atoms with Crippen LogP contribution in [0.1, 0.15) is 42.5 Å². The van der Waals surface area contributed by atoms with Gasteiger partial charge < -0.3 is 4.90 Å². The van der Waals surface area contributed by atoms with Gasteiger partial charge in [-0.15, -0.1) is 0 Å². The number of imidazole rings is 1. The van der Waals surface area contributed by atoms with E-state index in [4.69, 9.17) is 0 Å². The molecule has 1 aromatic carbocycles. The van der Waals surface area contributed by atoms with E-state index < -0.39 is 0 Å². The zero-order chi connectivity index (χ0) is 20.5. The summed E-state index contributed by atoms with van der Waals surface area (Å²) >= 11 is 3.43. The lowest BCUT2D eigenvalue weighted by atomic mass is 9.94. The molecule has 0 radical (unpaired) electrons. The highest BCUT2D eigenvalue weighted by molar-refractivity contribution is 9.10. The van der Waals surface area contributed by atoms with Crippen molar-refractivity contribution in [1.82, 2.24) is 24.3 Å². The minimum atomic E-state index is 0.110. The van der Waals surface area contributed by atoms with Crippen LogP contribution in [-0.2, 0) is 0 Å². The highest BCUT2D eigenvalue weighted by atomic mass is 79.9. The van der Waals surface area contributed by atoms with Crippen LogP contribution in [0.4, 0.5) is 0 Å². The number of hydrogen-bond donors (Lipinski definition) is 0. The minimum absolute atomic E-state index is 0.110. The molecule has 30 heavy (non-hydrogen) atoms. The Bertz CT molecular complexity index is 1050. The first kappa shape index (κ1) is 19.7. The zero-order valence-corrected chi connectivity index (χ0v) is 18.6. The summed E-state index contributed by atoms with van der Waals surface area (Å²) in [5.41, 5.74) is 3.22. The molecule has 1 saturated carbocycles. The molecule has 2 fully saturated rings. The molecule has 3 heterocycles. The van der Waals surface area contributed by atoms with Crippen LogP contribution >= 0.6 is 15.9 Å². The lowest BCUT2D eigenvalue weighted by Gasteiger charge is -2.40.